The van der Waals surface area contributed by atoms with Crippen molar-refractivity contribution in [3.05, 3.63) is 53.6 Å². The van der Waals surface area contributed by atoms with Crippen molar-refractivity contribution in [2.24, 2.45) is 4.99 Å². The zero-order chi connectivity index (χ0) is 21.7. The Balaban J connectivity index is 1.80. The van der Waals surface area contributed by atoms with Crippen molar-refractivity contribution in [3.63, 3.8) is 0 Å². The van der Waals surface area contributed by atoms with Gasteiger partial charge in [-0.05, 0) is 42.5 Å². The molecule has 0 aromatic heterocycles. The van der Waals surface area contributed by atoms with Crippen LogP contribution in [0.25, 0.3) is 0 Å². The Labute approximate surface area is 170 Å². The lowest BCUT2D eigenvalue weighted by atomic mass is 10.0. The minimum absolute atomic E-state index is 0.0287. The molecule has 0 saturated carbocycles. The summed E-state index contributed by atoms with van der Waals surface area (Å²) in [6.45, 7) is -2.96. The number of rotatable bonds is 6. The van der Waals surface area contributed by atoms with Gasteiger partial charge in [-0.15, -0.1) is 0 Å². The average molecular weight is 419 g/mol. The van der Waals surface area contributed by atoms with Crippen LogP contribution in [-0.2, 0) is 4.79 Å². The van der Waals surface area contributed by atoms with Gasteiger partial charge in [0.1, 0.15) is 17.2 Å². The van der Waals surface area contributed by atoms with E-state index in [1.54, 1.807) is 18.2 Å². The number of benzene rings is 2. The number of halogens is 2. The fraction of sp³-hybridized carbons (Fsp3) is 0.250. The summed E-state index contributed by atoms with van der Waals surface area (Å²) in [7, 11) is 3.02. The number of carbonyl (C=O) groups is 2. The molecule has 0 fully saturated rings. The van der Waals surface area contributed by atoms with Crippen LogP contribution < -0.4 is 24.8 Å². The Morgan fingerprint density at radius 3 is 2.47 bits per heavy atom. The van der Waals surface area contributed by atoms with Crippen LogP contribution in [0.3, 0.4) is 0 Å². The molecule has 0 bridgehead atoms. The number of hydrogen-bond donors (Lipinski definition) is 2. The minimum Gasteiger partial charge on any atom is -0.497 e. The molecule has 1 aliphatic heterocycles. The quantitative estimate of drug-likeness (QED) is 0.750. The van der Waals surface area contributed by atoms with Crippen LogP contribution in [0.2, 0.25) is 0 Å². The highest BCUT2D eigenvalue weighted by atomic mass is 19.3. The van der Waals surface area contributed by atoms with E-state index in [0.29, 0.717) is 17.1 Å². The molecule has 1 atom stereocenters. The van der Waals surface area contributed by atoms with E-state index in [1.165, 1.54) is 38.5 Å². The first kappa shape index (κ1) is 21.0. The third-order valence-corrected chi connectivity index (χ3v) is 4.29. The molecule has 0 saturated heterocycles. The topological polar surface area (TPSA) is 98.2 Å². The monoisotopic (exact) mass is 419 g/mol. The number of nitrogens with zero attached hydrogens (tertiary/aromatic N) is 1. The molecular formula is C20H19F2N3O5. The maximum absolute atomic E-state index is 12.4. The highest BCUT2D eigenvalue weighted by Crippen LogP contribution is 2.34. The van der Waals surface area contributed by atoms with Crippen LogP contribution in [0, 0.1) is 0 Å². The standard InChI is InChI=1S/C20H19F2N3O5/c1-28-13-7-8-16(29-2)14(9-13)15-10-17(26)24-20(23-15)25-18(27)11-3-5-12(6-4-11)30-19(21)22/h3-9,15,19H,10H2,1-2H3,(H2,23,24,25,26,27). The molecule has 3 rings (SSSR count). The summed E-state index contributed by atoms with van der Waals surface area (Å²) < 4.78 is 39.3. The number of nitrogens with one attached hydrogen (secondary N) is 2. The lowest BCUT2D eigenvalue weighted by Crippen LogP contribution is -2.47. The molecular weight excluding hydrogens is 400 g/mol. The lowest BCUT2D eigenvalue weighted by Gasteiger charge is -2.23. The molecule has 8 nitrogen and oxygen atoms in total. The zero-order valence-electron chi connectivity index (χ0n) is 16.1. The number of amides is 2. The highest BCUT2D eigenvalue weighted by molar-refractivity contribution is 6.10. The number of aliphatic imine (C=N–C) groups is 1. The van der Waals surface area contributed by atoms with Gasteiger partial charge in [-0.2, -0.15) is 8.78 Å². The van der Waals surface area contributed by atoms with Gasteiger partial charge in [-0.3, -0.25) is 20.2 Å². The van der Waals surface area contributed by atoms with Crippen LogP contribution >= 0.6 is 0 Å². The van der Waals surface area contributed by atoms with Crippen LogP contribution in [0.15, 0.2) is 47.5 Å². The van der Waals surface area contributed by atoms with Gasteiger partial charge in [0.05, 0.1) is 26.7 Å². The third-order valence-electron chi connectivity index (χ3n) is 4.29. The van der Waals surface area contributed by atoms with Crippen molar-refractivity contribution in [3.8, 4) is 17.2 Å². The number of ether oxygens (including phenoxy) is 3. The molecule has 1 unspecified atom stereocenters. The molecule has 158 valence electrons. The molecule has 10 heteroatoms. The Hall–Kier alpha value is -3.69. The smallest absolute Gasteiger partial charge is 0.387 e. The summed E-state index contributed by atoms with van der Waals surface area (Å²) in [6.07, 6.45) is 0.0581. The van der Waals surface area contributed by atoms with Gasteiger partial charge >= 0.3 is 6.61 Å². The summed E-state index contributed by atoms with van der Waals surface area (Å²) in [4.78, 5) is 29.0. The van der Waals surface area contributed by atoms with E-state index in [-0.39, 0.29) is 29.6 Å². The maximum Gasteiger partial charge on any atom is 0.387 e. The van der Waals surface area contributed by atoms with Crippen molar-refractivity contribution in [2.45, 2.75) is 19.1 Å². The Morgan fingerprint density at radius 2 is 1.83 bits per heavy atom. The van der Waals surface area contributed by atoms with Crippen LogP contribution in [0.4, 0.5) is 8.78 Å². The fourth-order valence-corrected chi connectivity index (χ4v) is 2.90. The molecule has 2 N–H and O–H groups in total. The molecule has 2 aromatic rings. The number of hydrogen-bond acceptors (Lipinski definition) is 6. The van der Waals surface area contributed by atoms with Gasteiger partial charge in [0.15, 0.2) is 0 Å². The highest BCUT2D eigenvalue weighted by Gasteiger charge is 2.26. The lowest BCUT2D eigenvalue weighted by molar-refractivity contribution is -0.120. The SMILES string of the molecule is COc1ccc(OC)c(C2CC(=O)NC(NC(=O)c3ccc(OC(F)F)cc3)=N2)c1. The second-order valence-electron chi connectivity index (χ2n) is 6.21. The zero-order valence-corrected chi connectivity index (χ0v) is 16.1. The summed E-state index contributed by atoms with van der Waals surface area (Å²) in [5.41, 5.74) is 0.807. The first-order valence-corrected chi connectivity index (χ1v) is 8.85. The Morgan fingerprint density at radius 1 is 1.13 bits per heavy atom. The van der Waals surface area contributed by atoms with Crippen molar-refractivity contribution in [1.82, 2.24) is 10.6 Å². The van der Waals surface area contributed by atoms with Crippen molar-refractivity contribution in [1.29, 1.82) is 0 Å². The van der Waals surface area contributed by atoms with Gasteiger partial charge in [0.2, 0.25) is 11.9 Å². The molecule has 0 aliphatic carbocycles. The van der Waals surface area contributed by atoms with E-state index in [9.17, 15) is 18.4 Å². The molecule has 2 amide bonds. The Bertz CT molecular complexity index is 963. The second-order valence-corrected chi connectivity index (χ2v) is 6.21. The van der Waals surface area contributed by atoms with Crippen molar-refractivity contribution in [2.75, 3.05) is 14.2 Å². The summed E-state index contributed by atoms with van der Waals surface area (Å²) in [5, 5.41) is 5.01. The van der Waals surface area contributed by atoms with Crippen LogP contribution in [0.1, 0.15) is 28.4 Å². The van der Waals surface area contributed by atoms with E-state index in [4.69, 9.17) is 9.47 Å². The Kier molecular flexibility index (Phi) is 6.45. The first-order chi connectivity index (χ1) is 14.4. The predicted octanol–water partition coefficient (Wildman–Crippen LogP) is 2.65. The molecule has 0 radical (unpaired) electrons. The van der Waals surface area contributed by atoms with Gasteiger partial charge in [-0.1, -0.05) is 0 Å². The molecule has 1 heterocycles. The average Bonchev–Trinajstić information content (AvgIpc) is 2.72. The maximum atomic E-state index is 12.4. The normalized spacial score (nSPS) is 15.8. The number of alkyl halides is 2. The summed E-state index contributed by atoms with van der Waals surface area (Å²) >= 11 is 0. The van der Waals surface area contributed by atoms with E-state index in [2.05, 4.69) is 20.4 Å². The van der Waals surface area contributed by atoms with E-state index >= 15 is 0 Å². The molecule has 1 aliphatic rings. The fourth-order valence-electron chi connectivity index (χ4n) is 2.90. The molecule has 0 spiro atoms. The second kappa shape index (κ2) is 9.21. The predicted molar refractivity (Wildman–Crippen MR) is 103 cm³/mol. The van der Waals surface area contributed by atoms with Gasteiger partial charge < -0.3 is 14.2 Å². The minimum atomic E-state index is -2.96. The van der Waals surface area contributed by atoms with E-state index < -0.39 is 18.6 Å². The van der Waals surface area contributed by atoms with E-state index in [1.807, 2.05) is 0 Å². The number of carbonyl (C=O) groups excluding carboxylic acids is 2. The summed E-state index contributed by atoms with van der Waals surface area (Å²) in [6, 6.07) is 9.67. The van der Waals surface area contributed by atoms with Crippen LogP contribution in [-0.4, -0.2) is 38.6 Å². The van der Waals surface area contributed by atoms with Crippen molar-refractivity contribution >= 4 is 17.8 Å². The third kappa shape index (κ3) is 5.02. The largest absolute Gasteiger partial charge is 0.497 e. The number of methoxy groups -OCH3 is 2. The van der Waals surface area contributed by atoms with Gasteiger partial charge in [-0.25, -0.2) is 4.99 Å². The van der Waals surface area contributed by atoms with Gasteiger partial charge in [0, 0.05) is 11.1 Å². The molecule has 2 aromatic carbocycles. The van der Waals surface area contributed by atoms with Crippen molar-refractivity contribution < 1.29 is 32.6 Å². The summed E-state index contributed by atoms with van der Waals surface area (Å²) in [5.74, 6) is 0.0871. The van der Waals surface area contributed by atoms with E-state index in [0.717, 1.165) is 0 Å². The number of guanidine groups is 1. The van der Waals surface area contributed by atoms with Gasteiger partial charge in [0.25, 0.3) is 5.91 Å². The molecule has 30 heavy (non-hydrogen) atoms. The first-order valence-electron chi connectivity index (χ1n) is 8.85. The van der Waals surface area contributed by atoms with Crippen LogP contribution in [0.5, 0.6) is 17.2 Å².